The van der Waals surface area contributed by atoms with Gasteiger partial charge in [-0.05, 0) is 36.4 Å². The predicted octanol–water partition coefficient (Wildman–Crippen LogP) is 2.88. The lowest BCUT2D eigenvalue weighted by Crippen LogP contribution is -2.52. The molecule has 2 aliphatic heterocycles. The first kappa shape index (κ1) is 20.9. The molecule has 0 atom stereocenters. The van der Waals surface area contributed by atoms with Crippen molar-refractivity contribution in [1.82, 2.24) is 4.90 Å². The number of nitrogen functional groups attached to an aromatic ring is 1. The van der Waals surface area contributed by atoms with Crippen molar-refractivity contribution >= 4 is 47.9 Å². The van der Waals surface area contributed by atoms with Crippen LogP contribution in [0.3, 0.4) is 0 Å². The van der Waals surface area contributed by atoms with Gasteiger partial charge in [-0.15, -0.1) is 24.8 Å². The Labute approximate surface area is 170 Å². The van der Waals surface area contributed by atoms with E-state index in [-0.39, 0.29) is 30.7 Å². The largest absolute Gasteiger partial charge is 0.399 e. The molecule has 0 saturated carbocycles. The summed E-state index contributed by atoms with van der Waals surface area (Å²) in [5.74, 6) is 0.593. The van der Waals surface area contributed by atoms with Crippen molar-refractivity contribution in [2.75, 3.05) is 24.1 Å². The van der Waals surface area contributed by atoms with E-state index in [1.807, 2.05) is 29.2 Å². The monoisotopic (exact) mass is 407 g/mol. The quantitative estimate of drug-likeness (QED) is 0.633. The highest BCUT2D eigenvalue weighted by Gasteiger charge is 2.38. The number of halogens is 2. The number of nitrogens with two attached hydrogens (primary N) is 2. The SMILES string of the molecule is Cl.Cl.NC1=NC2(CCN(C(=O)c3ccc(N)cc3)CC2)Nc2ccccc21. The fourth-order valence-corrected chi connectivity index (χ4v) is 3.51. The van der Waals surface area contributed by atoms with Gasteiger partial charge in [-0.3, -0.25) is 4.79 Å². The number of amidine groups is 1. The van der Waals surface area contributed by atoms with Crippen molar-refractivity contribution in [2.24, 2.45) is 10.7 Å². The number of nitrogens with zero attached hydrogens (tertiary/aromatic N) is 2. The summed E-state index contributed by atoms with van der Waals surface area (Å²) in [6.07, 6.45) is 1.45. The lowest BCUT2D eigenvalue weighted by atomic mass is 9.93. The van der Waals surface area contributed by atoms with E-state index in [9.17, 15) is 4.79 Å². The van der Waals surface area contributed by atoms with Crippen LogP contribution in [0.25, 0.3) is 0 Å². The zero-order chi connectivity index (χ0) is 17.4. The molecule has 6 nitrogen and oxygen atoms in total. The van der Waals surface area contributed by atoms with E-state index >= 15 is 0 Å². The molecule has 2 aliphatic rings. The number of hydrogen-bond donors (Lipinski definition) is 3. The third-order valence-electron chi connectivity index (χ3n) is 4.94. The first-order chi connectivity index (χ1) is 12.1. The molecule has 1 spiro atoms. The number of amides is 1. The Hall–Kier alpha value is -2.44. The summed E-state index contributed by atoms with van der Waals surface area (Å²) in [5.41, 5.74) is 14.7. The summed E-state index contributed by atoms with van der Waals surface area (Å²) in [6, 6.07) is 15.0. The van der Waals surface area contributed by atoms with Crippen LogP contribution in [-0.4, -0.2) is 35.4 Å². The fraction of sp³-hybridized carbons (Fsp3) is 0.263. The van der Waals surface area contributed by atoms with E-state index in [1.54, 1.807) is 24.3 Å². The number of para-hydroxylation sites is 1. The average Bonchev–Trinajstić information content (AvgIpc) is 2.62. The summed E-state index contributed by atoms with van der Waals surface area (Å²) in [7, 11) is 0. The van der Waals surface area contributed by atoms with Crippen molar-refractivity contribution in [3.63, 3.8) is 0 Å². The van der Waals surface area contributed by atoms with Gasteiger partial charge in [0.05, 0.1) is 0 Å². The number of aliphatic imine (C=N–C) groups is 1. The average molecular weight is 408 g/mol. The Kier molecular flexibility index (Phi) is 6.23. The Morgan fingerprint density at radius 3 is 2.30 bits per heavy atom. The van der Waals surface area contributed by atoms with Crippen LogP contribution < -0.4 is 16.8 Å². The van der Waals surface area contributed by atoms with Gasteiger partial charge in [-0.1, -0.05) is 12.1 Å². The third kappa shape index (κ3) is 3.96. The molecule has 27 heavy (non-hydrogen) atoms. The maximum atomic E-state index is 12.6. The van der Waals surface area contributed by atoms with E-state index in [1.165, 1.54) is 0 Å². The molecule has 1 amide bonds. The number of anilines is 2. The predicted molar refractivity (Wildman–Crippen MR) is 114 cm³/mol. The topological polar surface area (TPSA) is 96.7 Å². The number of fused-ring (bicyclic) bond motifs is 1. The maximum absolute atomic E-state index is 12.6. The van der Waals surface area contributed by atoms with Crippen LogP contribution in [0.15, 0.2) is 53.5 Å². The Balaban J connectivity index is 0.00000131. The molecular weight excluding hydrogens is 385 g/mol. The molecule has 2 heterocycles. The summed E-state index contributed by atoms with van der Waals surface area (Å²) in [5, 5.41) is 3.53. The zero-order valence-corrected chi connectivity index (χ0v) is 16.4. The highest BCUT2D eigenvalue weighted by atomic mass is 35.5. The number of carbonyl (C=O) groups is 1. The van der Waals surface area contributed by atoms with Gasteiger partial charge < -0.3 is 21.7 Å². The molecule has 0 bridgehead atoms. The van der Waals surface area contributed by atoms with Crippen LogP contribution in [0.5, 0.6) is 0 Å². The van der Waals surface area contributed by atoms with Crippen molar-refractivity contribution < 1.29 is 4.79 Å². The highest BCUT2D eigenvalue weighted by Crippen LogP contribution is 2.34. The van der Waals surface area contributed by atoms with Crippen LogP contribution in [0.2, 0.25) is 0 Å². The number of carbonyl (C=O) groups excluding carboxylic acids is 1. The van der Waals surface area contributed by atoms with E-state index in [4.69, 9.17) is 16.5 Å². The first-order valence-corrected chi connectivity index (χ1v) is 8.44. The lowest BCUT2D eigenvalue weighted by molar-refractivity contribution is 0.0685. The Bertz CT molecular complexity index is 845. The van der Waals surface area contributed by atoms with E-state index in [0.717, 1.165) is 24.1 Å². The van der Waals surface area contributed by atoms with Crippen LogP contribution in [0, 0.1) is 0 Å². The molecule has 1 fully saturated rings. The van der Waals surface area contributed by atoms with E-state index in [2.05, 4.69) is 5.32 Å². The zero-order valence-electron chi connectivity index (χ0n) is 14.7. The molecule has 5 N–H and O–H groups in total. The van der Waals surface area contributed by atoms with Gasteiger partial charge in [0.15, 0.2) is 0 Å². The van der Waals surface area contributed by atoms with Crippen LogP contribution >= 0.6 is 24.8 Å². The van der Waals surface area contributed by atoms with Gasteiger partial charge in [0.1, 0.15) is 11.5 Å². The molecule has 0 radical (unpaired) electrons. The normalized spacial score (nSPS) is 16.9. The summed E-state index contributed by atoms with van der Waals surface area (Å²) < 4.78 is 0. The fourth-order valence-electron chi connectivity index (χ4n) is 3.51. The van der Waals surface area contributed by atoms with Gasteiger partial charge in [-0.2, -0.15) is 0 Å². The molecule has 0 unspecified atom stereocenters. The number of rotatable bonds is 1. The molecule has 2 aromatic rings. The van der Waals surface area contributed by atoms with Crippen LogP contribution in [0.4, 0.5) is 11.4 Å². The van der Waals surface area contributed by atoms with Gasteiger partial charge in [-0.25, -0.2) is 4.99 Å². The number of nitrogens with one attached hydrogen (secondary N) is 1. The molecular formula is C19H23Cl2N5O. The molecule has 2 aromatic carbocycles. The van der Waals surface area contributed by atoms with Crippen LogP contribution in [0.1, 0.15) is 28.8 Å². The van der Waals surface area contributed by atoms with Crippen molar-refractivity contribution in [3.8, 4) is 0 Å². The summed E-state index contributed by atoms with van der Waals surface area (Å²) in [4.78, 5) is 19.2. The van der Waals surface area contributed by atoms with Gasteiger partial charge in [0, 0.05) is 48.4 Å². The van der Waals surface area contributed by atoms with Crippen molar-refractivity contribution in [1.29, 1.82) is 0 Å². The Morgan fingerprint density at radius 1 is 1.00 bits per heavy atom. The first-order valence-electron chi connectivity index (χ1n) is 8.44. The van der Waals surface area contributed by atoms with Crippen molar-refractivity contribution in [2.45, 2.75) is 18.5 Å². The van der Waals surface area contributed by atoms with Gasteiger partial charge in [0.25, 0.3) is 5.91 Å². The van der Waals surface area contributed by atoms with Crippen LogP contribution in [-0.2, 0) is 0 Å². The standard InChI is InChI=1S/C19H21N5O.2ClH/c20-14-7-5-13(6-8-14)18(25)24-11-9-19(10-12-24)22-16-4-2-1-3-15(16)17(21)23-19;;/h1-8,22H,9-12,20H2,(H2,21,23);2*1H. The maximum Gasteiger partial charge on any atom is 0.253 e. The summed E-state index contributed by atoms with van der Waals surface area (Å²) in [6.45, 7) is 1.27. The molecule has 0 aromatic heterocycles. The minimum atomic E-state index is -0.420. The number of hydrogen-bond acceptors (Lipinski definition) is 5. The highest BCUT2D eigenvalue weighted by molar-refractivity contribution is 6.04. The lowest BCUT2D eigenvalue weighted by Gasteiger charge is -2.42. The second kappa shape index (κ2) is 8.06. The number of likely N-dealkylation sites (tertiary alicyclic amines) is 1. The van der Waals surface area contributed by atoms with E-state index in [0.29, 0.717) is 30.2 Å². The number of benzene rings is 2. The second-order valence-corrected chi connectivity index (χ2v) is 6.61. The molecule has 1 saturated heterocycles. The Morgan fingerprint density at radius 2 is 1.63 bits per heavy atom. The van der Waals surface area contributed by atoms with Crippen molar-refractivity contribution in [3.05, 3.63) is 59.7 Å². The van der Waals surface area contributed by atoms with E-state index < -0.39 is 5.66 Å². The third-order valence-corrected chi connectivity index (χ3v) is 4.94. The minimum absolute atomic E-state index is 0. The van der Waals surface area contributed by atoms with Gasteiger partial charge >= 0.3 is 0 Å². The second-order valence-electron chi connectivity index (χ2n) is 6.61. The molecule has 0 aliphatic carbocycles. The summed E-state index contributed by atoms with van der Waals surface area (Å²) >= 11 is 0. The number of piperidine rings is 1. The smallest absolute Gasteiger partial charge is 0.253 e. The molecule has 144 valence electrons. The minimum Gasteiger partial charge on any atom is -0.399 e. The van der Waals surface area contributed by atoms with Gasteiger partial charge in [0.2, 0.25) is 0 Å². The molecule has 8 heteroatoms. The molecule has 4 rings (SSSR count).